The number of carbonyl (C=O) groups excluding carboxylic acids is 1. The molecule has 1 amide bonds. The quantitative estimate of drug-likeness (QED) is 0.575. The van der Waals surface area contributed by atoms with Crippen LogP contribution in [0, 0.1) is 5.92 Å². The summed E-state index contributed by atoms with van der Waals surface area (Å²) < 4.78 is 5.45. The standard InChI is InChI=1S/C22H29N5O2/c23-22(28)19-14-26-21(11-20(19)25-13-15-5-8-24-12-15)27-18-3-1-16(2-4-18)17-6-9-29-10-7-17/h1-4,11,14-15,17,24H,5-10,12-13H2,(H2,23,28)(H2,25,26,27). The van der Waals surface area contributed by atoms with Crippen molar-refractivity contribution in [1.29, 1.82) is 0 Å². The van der Waals surface area contributed by atoms with Gasteiger partial charge in [-0.1, -0.05) is 12.1 Å². The molecule has 29 heavy (non-hydrogen) atoms. The number of ether oxygens (including phenoxy) is 1. The molecular formula is C22H29N5O2. The van der Waals surface area contributed by atoms with Gasteiger partial charge in [0.1, 0.15) is 5.82 Å². The topological polar surface area (TPSA) is 101 Å². The molecule has 2 aliphatic rings. The molecule has 0 radical (unpaired) electrons. The molecule has 0 bridgehead atoms. The second-order valence-electron chi connectivity index (χ2n) is 7.85. The molecule has 4 rings (SSSR count). The summed E-state index contributed by atoms with van der Waals surface area (Å²) in [6.45, 7) is 4.52. The zero-order chi connectivity index (χ0) is 20.1. The second-order valence-corrected chi connectivity index (χ2v) is 7.85. The van der Waals surface area contributed by atoms with E-state index >= 15 is 0 Å². The molecule has 1 atom stereocenters. The van der Waals surface area contributed by atoms with Gasteiger partial charge in [-0.3, -0.25) is 4.79 Å². The van der Waals surface area contributed by atoms with Gasteiger partial charge in [0, 0.05) is 37.7 Å². The lowest BCUT2D eigenvalue weighted by atomic mass is 9.92. The number of pyridine rings is 1. The Balaban J connectivity index is 1.44. The van der Waals surface area contributed by atoms with E-state index in [4.69, 9.17) is 10.5 Å². The van der Waals surface area contributed by atoms with Crippen molar-refractivity contribution < 1.29 is 9.53 Å². The Hall–Kier alpha value is -2.64. The predicted molar refractivity (Wildman–Crippen MR) is 115 cm³/mol. The van der Waals surface area contributed by atoms with Crippen LogP contribution in [0.15, 0.2) is 36.5 Å². The number of primary amides is 1. The minimum absolute atomic E-state index is 0.413. The third kappa shape index (κ3) is 5.05. The van der Waals surface area contributed by atoms with Gasteiger partial charge in [-0.2, -0.15) is 0 Å². The predicted octanol–water partition coefficient (Wildman–Crippen LogP) is 2.84. The van der Waals surface area contributed by atoms with Crippen molar-refractivity contribution in [3.63, 3.8) is 0 Å². The number of rotatable bonds is 7. The van der Waals surface area contributed by atoms with E-state index in [1.54, 1.807) is 0 Å². The van der Waals surface area contributed by atoms with Crippen LogP contribution in [0.4, 0.5) is 17.2 Å². The first-order valence-electron chi connectivity index (χ1n) is 10.4. The van der Waals surface area contributed by atoms with Crippen LogP contribution in [-0.2, 0) is 4.74 Å². The number of hydrogen-bond acceptors (Lipinski definition) is 6. The van der Waals surface area contributed by atoms with E-state index in [-0.39, 0.29) is 0 Å². The number of aromatic nitrogens is 1. The normalized spacial score (nSPS) is 19.8. The summed E-state index contributed by atoms with van der Waals surface area (Å²) in [5, 5.41) is 10.1. The number of anilines is 3. The first-order chi connectivity index (χ1) is 14.2. The average molecular weight is 396 g/mol. The second kappa shape index (κ2) is 9.24. The number of nitrogens with two attached hydrogens (primary N) is 1. The first-order valence-corrected chi connectivity index (χ1v) is 10.4. The molecule has 0 aliphatic carbocycles. The molecule has 2 fully saturated rings. The molecule has 2 saturated heterocycles. The van der Waals surface area contributed by atoms with Crippen molar-refractivity contribution >= 4 is 23.1 Å². The highest BCUT2D eigenvalue weighted by atomic mass is 16.5. The zero-order valence-corrected chi connectivity index (χ0v) is 16.6. The van der Waals surface area contributed by atoms with Crippen molar-refractivity contribution in [3.8, 4) is 0 Å². The van der Waals surface area contributed by atoms with E-state index in [1.165, 1.54) is 11.8 Å². The van der Waals surface area contributed by atoms with E-state index in [9.17, 15) is 4.79 Å². The van der Waals surface area contributed by atoms with Gasteiger partial charge in [-0.05, 0) is 61.9 Å². The number of carbonyl (C=O) groups is 1. The number of nitrogens with zero attached hydrogens (tertiary/aromatic N) is 1. The summed E-state index contributed by atoms with van der Waals surface area (Å²) in [6, 6.07) is 10.3. The van der Waals surface area contributed by atoms with Crippen LogP contribution in [-0.4, -0.2) is 43.7 Å². The minimum atomic E-state index is -0.475. The number of amides is 1. The molecular weight excluding hydrogens is 366 g/mol. The van der Waals surface area contributed by atoms with Gasteiger partial charge in [0.2, 0.25) is 0 Å². The van der Waals surface area contributed by atoms with Gasteiger partial charge >= 0.3 is 0 Å². The largest absolute Gasteiger partial charge is 0.384 e. The molecule has 0 saturated carbocycles. The molecule has 1 unspecified atom stereocenters. The summed E-state index contributed by atoms with van der Waals surface area (Å²) in [5.74, 6) is 1.34. The van der Waals surface area contributed by atoms with Crippen LogP contribution >= 0.6 is 0 Å². The van der Waals surface area contributed by atoms with Gasteiger partial charge in [-0.15, -0.1) is 0 Å². The fourth-order valence-corrected chi connectivity index (χ4v) is 4.03. The maximum atomic E-state index is 11.8. The van der Waals surface area contributed by atoms with Crippen molar-refractivity contribution in [2.75, 3.05) is 43.5 Å². The number of benzene rings is 1. The first kappa shape index (κ1) is 19.7. The highest BCUT2D eigenvalue weighted by molar-refractivity contribution is 5.98. The van der Waals surface area contributed by atoms with E-state index in [0.29, 0.717) is 23.2 Å². The molecule has 7 nitrogen and oxygen atoms in total. The lowest BCUT2D eigenvalue weighted by Crippen LogP contribution is -2.20. The van der Waals surface area contributed by atoms with Crippen LogP contribution in [0.25, 0.3) is 0 Å². The summed E-state index contributed by atoms with van der Waals surface area (Å²) >= 11 is 0. The maximum Gasteiger partial charge on any atom is 0.252 e. The summed E-state index contributed by atoms with van der Waals surface area (Å²) in [5.41, 5.74) is 8.98. The highest BCUT2D eigenvalue weighted by Gasteiger charge is 2.17. The van der Waals surface area contributed by atoms with Gasteiger partial charge in [0.15, 0.2) is 0 Å². The van der Waals surface area contributed by atoms with E-state index < -0.39 is 5.91 Å². The van der Waals surface area contributed by atoms with Crippen LogP contribution in [0.3, 0.4) is 0 Å². The number of nitrogens with one attached hydrogen (secondary N) is 3. The molecule has 1 aromatic heterocycles. The Morgan fingerprint density at radius 1 is 1.21 bits per heavy atom. The van der Waals surface area contributed by atoms with Crippen molar-refractivity contribution in [2.24, 2.45) is 11.7 Å². The Morgan fingerprint density at radius 2 is 2.00 bits per heavy atom. The van der Waals surface area contributed by atoms with Crippen LogP contribution < -0.4 is 21.7 Å². The highest BCUT2D eigenvalue weighted by Crippen LogP contribution is 2.28. The SMILES string of the molecule is NC(=O)c1cnc(Nc2ccc(C3CCOCC3)cc2)cc1NCC1CCNC1. The Morgan fingerprint density at radius 3 is 2.69 bits per heavy atom. The zero-order valence-electron chi connectivity index (χ0n) is 16.6. The Kier molecular flexibility index (Phi) is 6.27. The van der Waals surface area contributed by atoms with Crippen molar-refractivity contribution in [1.82, 2.24) is 10.3 Å². The van der Waals surface area contributed by atoms with E-state index in [2.05, 4.69) is 45.2 Å². The maximum absolute atomic E-state index is 11.8. The molecule has 154 valence electrons. The monoisotopic (exact) mass is 395 g/mol. The van der Waals surface area contributed by atoms with Crippen LogP contribution in [0.2, 0.25) is 0 Å². The van der Waals surface area contributed by atoms with Crippen molar-refractivity contribution in [2.45, 2.75) is 25.2 Å². The van der Waals surface area contributed by atoms with E-state index in [0.717, 1.165) is 63.5 Å². The third-order valence-electron chi connectivity index (χ3n) is 5.79. The summed E-state index contributed by atoms with van der Waals surface area (Å²) in [7, 11) is 0. The van der Waals surface area contributed by atoms with E-state index in [1.807, 2.05) is 6.07 Å². The fraction of sp³-hybridized carbons (Fsp3) is 0.455. The smallest absolute Gasteiger partial charge is 0.252 e. The Bertz CT molecular complexity index is 828. The lowest BCUT2D eigenvalue weighted by molar-refractivity contribution is 0.0853. The average Bonchev–Trinajstić information content (AvgIpc) is 3.27. The molecule has 3 heterocycles. The molecule has 5 N–H and O–H groups in total. The summed E-state index contributed by atoms with van der Waals surface area (Å²) in [6.07, 6.45) is 4.83. The van der Waals surface area contributed by atoms with Gasteiger partial charge in [0.25, 0.3) is 5.91 Å². The minimum Gasteiger partial charge on any atom is -0.384 e. The molecule has 2 aromatic rings. The van der Waals surface area contributed by atoms with Gasteiger partial charge < -0.3 is 26.4 Å². The van der Waals surface area contributed by atoms with Crippen molar-refractivity contribution in [3.05, 3.63) is 47.7 Å². The molecule has 7 heteroatoms. The fourth-order valence-electron chi connectivity index (χ4n) is 4.03. The molecule has 1 aromatic carbocycles. The summed E-state index contributed by atoms with van der Waals surface area (Å²) in [4.78, 5) is 16.1. The molecule has 2 aliphatic heterocycles. The van der Waals surface area contributed by atoms with Crippen LogP contribution in [0.5, 0.6) is 0 Å². The van der Waals surface area contributed by atoms with Gasteiger partial charge in [0.05, 0.1) is 11.3 Å². The number of hydrogen-bond donors (Lipinski definition) is 4. The lowest BCUT2D eigenvalue weighted by Gasteiger charge is -2.22. The Labute approximate surface area is 171 Å². The molecule has 0 spiro atoms. The third-order valence-corrected chi connectivity index (χ3v) is 5.79. The van der Waals surface area contributed by atoms with Crippen LogP contribution in [0.1, 0.15) is 41.1 Å². The van der Waals surface area contributed by atoms with Gasteiger partial charge in [-0.25, -0.2) is 4.98 Å².